The number of nitrogens with one attached hydrogen (secondary N) is 1. The number of hydrogen-bond acceptors (Lipinski definition) is 4. The third-order valence-electron chi connectivity index (χ3n) is 6.58. The van der Waals surface area contributed by atoms with Gasteiger partial charge in [-0.1, -0.05) is 6.08 Å². The summed E-state index contributed by atoms with van der Waals surface area (Å²) in [5.41, 5.74) is 2.99. The summed E-state index contributed by atoms with van der Waals surface area (Å²) >= 11 is 0. The van der Waals surface area contributed by atoms with Crippen LogP contribution in [-0.2, 0) is 4.79 Å². The molecule has 1 heterocycles. The molecule has 2 aliphatic rings. The van der Waals surface area contributed by atoms with Crippen LogP contribution in [0, 0.1) is 5.82 Å². The number of rotatable bonds is 6. The Hall–Kier alpha value is -3.19. The lowest BCUT2D eigenvalue weighted by Gasteiger charge is -2.24. The third-order valence-corrected chi connectivity index (χ3v) is 6.58. The maximum absolute atomic E-state index is 14.9. The Morgan fingerprint density at radius 3 is 2.48 bits per heavy atom. The van der Waals surface area contributed by atoms with Gasteiger partial charge < -0.3 is 20.0 Å². The van der Waals surface area contributed by atoms with Crippen molar-refractivity contribution in [2.24, 2.45) is 0 Å². The first-order valence-corrected chi connectivity index (χ1v) is 11.4. The van der Waals surface area contributed by atoms with Crippen molar-refractivity contribution in [1.29, 1.82) is 0 Å². The van der Waals surface area contributed by atoms with Crippen LogP contribution in [0.3, 0.4) is 0 Å². The predicted molar refractivity (Wildman–Crippen MR) is 133 cm³/mol. The van der Waals surface area contributed by atoms with Crippen molar-refractivity contribution in [3.05, 3.63) is 65.5 Å². The first kappa shape index (κ1) is 23.0. The van der Waals surface area contributed by atoms with E-state index in [9.17, 15) is 14.0 Å². The lowest BCUT2D eigenvalue weighted by molar-refractivity contribution is -0.112. The van der Waals surface area contributed by atoms with Crippen LogP contribution >= 0.6 is 0 Å². The number of carbonyl (C=O) groups excluding carboxylic acids is 2. The Labute approximate surface area is 196 Å². The van der Waals surface area contributed by atoms with E-state index < -0.39 is 0 Å². The molecule has 1 N–H and O–H groups in total. The molecule has 0 bridgehead atoms. The lowest BCUT2D eigenvalue weighted by Crippen LogP contribution is -2.31. The van der Waals surface area contributed by atoms with Crippen molar-refractivity contribution >= 4 is 28.9 Å². The van der Waals surface area contributed by atoms with Gasteiger partial charge in [-0.2, -0.15) is 0 Å². The first-order chi connectivity index (χ1) is 15.8. The second kappa shape index (κ2) is 9.75. The van der Waals surface area contributed by atoms with Gasteiger partial charge in [0.2, 0.25) is 0 Å². The zero-order chi connectivity index (χ0) is 23.5. The van der Waals surface area contributed by atoms with E-state index in [1.165, 1.54) is 11.0 Å². The summed E-state index contributed by atoms with van der Waals surface area (Å²) in [5.74, 6) is -0.660. The standard InChI is InChI=1S/C26H31FN4O2.H2/c1-29(2)22-14-15-31(17-22)24-13-12-21(16-23(24)27)30(3)26(33)19-8-10-20(11-9-19)28-25(32)18-6-4-5-7-18;/h6,8-13,16,22H,4-5,7,14-15,17H2,1-3H3,(H,28,32);1H. The number of anilines is 3. The summed E-state index contributed by atoms with van der Waals surface area (Å²) in [6, 6.07) is 12.1. The van der Waals surface area contributed by atoms with E-state index in [4.69, 9.17) is 0 Å². The molecule has 6 nitrogen and oxygen atoms in total. The summed E-state index contributed by atoms with van der Waals surface area (Å²) < 4.78 is 14.9. The summed E-state index contributed by atoms with van der Waals surface area (Å²) in [5, 5.41) is 2.87. The van der Waals surface area contributed by atoms with E-state index in [1.807, 2.05) is 20.2 Å². The highest BCUT2D eigenvalue weighted by molar-refractivity contribution is 6.07. The van der Waals surface area contributed by atoms with Gasteiger partial charge >= 0.3 is 0 Å². The zero-order valence-electron chi connectivity index (χ0n) is 19.5. The highest BCUT2D eigenvalue weighted by atomic mass is 19.1. The molecule has 0 radical (unpaired) electrons. The molecule has 1 unspecified atom stereocenters. The van der Waals surface area contributed by atoms with Crippen molar-refractivity contribution in [1.82, 2.24) is 4.90 Å². The van der Waals surface area contributed by atoms with Crippen LogP contribution in [0.2, 0.25) is 0 Å². The van der Waals surface area contributed by atoms with Crippen molar-refractivity contribution in [3.63, 3.8) is 0 Å². The summed E-state index contributed by atoms with van der Waals surface area (Å²) in [7, 11) is 5.72. The quantitative estimate of drug-likeness (QED) is 0.699. The molecule has 2 aromatic carbocycles. The Kier molecular flexibility index (Phi) is 6.79. The molecule has 2 amide bonds. The summed E-state index contributed by atoms with van der Waals surface area (Å²) in [6.07, 6.45) is 5.73. The van der Waals surface area contributed by atoms with Gasteiger partial charge in [-0.05, 0) is 82.2 Å². The molecule has 0 spiro atoms. The van der Waals surface area contributed by atoms with Crippen molar-refractivity contribution in [3.8, 4) is 0 Å². The molecular formula is C26H33FN4O2. The number of amides is 2. The van der Waals surface area contributed by atoms with Crippen LogP contribution in [0.15, 0.2) is 54.1 Å². The molecule has 1 aliphatic heterocycles. The van der Waals surface area contributed by atoms with Crippen LogP contribution < -0.4 is 15.1 Å². The number of allylic oxidation sites excluding steroid dienone is 1. The van der Waals surface area contributed by atoms with E-state index in [0.717, 1.165) is 44.3 Å². The molecule has 176 valence electrons. The summed E-state index contributed by atoms with van der Waals surface area (Å²) in [4.78, 5) is 30.9. The fraction of sp³-hybridized carbons (Fsp3) is 0.385. The molecule has 0 aromatic heterocycles. The van der Waals surface area contributed by atoms with Gasteiger partial charge in [0.25, 0.3) is 11.8 Å². The van der Waals surface area contributed by atoms with Gasteiger partial charge in [-0.25, -0.2) is 4.39 Å². The van der Waals surface area contributed by atoms with Crippen molar-refractivity contribution < 1.29 is 15.4 Å². The predicted octanol–water partition coefficient (Wildman–Crippen LogP) is 4.54. The average molecular weight is 453 g/mol. The maximum Gasteiger partial charge on any atom is 0.258 e. The van der Waals surface area contributed by atoms with Crippen molar-refractivity contribution in [2.45, 2.75) is 31.7 Å². The van der Waals surface area contributed by atoms with Crippen LogP contribution in [-0.4, -0.2) is 57.0 Å². The van der Waals surface area contributed by atoms with Gasteiger partial charge in [0.15, 0.2) is 0 Å². The Morgan fingerprint density at radius 1 is 1.12 bits per heavy atom. The van der Waals surface area contributed by atoms with E-state index >= 15 is 0 Å². The highest BCUT2D eigenvalue weighted by Gasteiger charge is 2.26. The molecule has 4 rings (SSSR count). The first-order valence-electron chi connectivity index (χ1n) is 11.4. The topological polar surface area (TPSA) is 55.9 Å². The number of carbonyl (C=O) groups is 2. The third kappa shape index (κ3) is 5.09. The van der Waals surface area contributed by atoms with E-state index in [0.29, 0.717) is 28.7 Å². The SMILES string of the molecule is CN(C(=O)c1ccc(NC(=O)C2=CCCC2)cc1)c1ccc(N2CCC(N(C)C)C2)c(F)c1.[HH]. The second-order valence-electron chi connectivity index (χ2n) is 9.01. The lowest BCUT2D eigenvalue weighted by atomic mass is 10.1. The largest absolute Gasteiger partial charge is 0.368 e. The fourth-order valence-corrected chi connectivity index (χ4v) is 4.44. The average Bonchev–Trinajstić information content (AvgIpc) is 3.51. The van der Waals surface area contributed by atoms with Crippen LogP contribution in [0.25, 0.3) is 0 Å². The molecule has 1 fully saturated rings. The zero-order valence-corrected chi connectivity index (χ0v) is 19.5. The van der Waals surface area contributed by atoms with Crippen LogP contribution in [0.4, 0.5) is 21.5 Å². The highest BCUT2D eigenvalue weighted by Crippen LogP contribution is 2.29. The van der Waals surface area contributed by atoms with E-state index in [1.54, 1.807) is 43.4 Å². The Bertz CT molecular complexity index is 1070. The molecule has 0 saturated carbocycles. The molecule has 2 aromatic rings. The Morgan fingerprint density at radius 2 is 1.88 bits per heavy atom. The Balaban J connectivity index is 0.00000324. The van der Waals surface area contributed by atoms with E-state index in [-0.39, 0.29) is 19.1 Å². The second-order valence-corrected chi connectivity index (χ2v) is 9.01. The van der Waals surface area contributed by atoms with Crippen LogP contribution in [0.5, 0.6) is 0 Å². The molecule has 1 atom stereocenters. The minimum atomic E-state index is -0.328. The molecular weight excluding hydrogens is 419 g/mol. The number of nitrogens with zero attached hydrogens (tertiary/aromatic N) is 3. The molecule has 1 saturated heterocycles. The normalized spacial score (nSPS) is 17.9. The van der Waals surface area contributed by atoms with Gasteiger partial charge in [0.1, 0.15) is 5.82 Å². The number of hydrogen-bond donors (Lipinski definition) is 1. The number of benzene rings is 2. The van der Waals surface area contributed by atoms with Gasteiger partial charge in [-0.15, -0.1) is 0 Å². The monoisotopic (exact) mass is 452 g/mol. The van der Waals surface area contributed by atoms with Gasteiger partial charge in [0.05, 0.1) is 5.69 Å². The number of halogens is 1. The van der Waals surface area contributed by atoms with Crippen molar-refractivity contribution in [2.75, 3.05) is 49.3 Å². The minimum Gasteiger partial charge on any atom is -0.368 e. The summed E-state index contributed by atoms with van der Waals surface area (Å²) in [6.45, 7) is 1.60. The fourth-order valence-electron chi connectivity index (χ4n) is 4.44. The van der Waals surface area contributed by atoms with Gasteiger partial charge in [0, 0.05) is 50.1 Å². The smallest absolute Gasteiger partial charge is 0.258 e. The van der Waals surface area contributed by atoms with Gasteiger partial charge in [-0.3, -0.25) is 9.59 Å². The maximum atomic E-state index is 14.9. The molecule has 33 heavy (non-hydrogen) atoms. The number of likely N-dealkylation sites (N-methyl/N-ethyl adjacent to an activating group) is 1. The van der Waals surface area contributed by atoms with E-state index in [2.05, 4.69) is 15.1 Å². The van der Waals surface area contributed by atoms with Crippen LogP contribution in [0.1, 0.15) is 37.5 Å². The minimum absolute atomic E-state index is 0. The molecule has 7 heteroatoms. The molecule has 1 aliphatic carbocycles.